The van der Waals surface area contributed by atoms with Gasteiger partial charge in [-0.05, 0) is 55.2 Å². The van der Waals surface area contributed by atoms with Gasteiger partial charge in [-0.1, -0.05) is 24.6 Å². The number of H-pyrrole nitrogens is 1. The molecule has 0 spiro atoms. The van der Waals surface area contributed by atoms with Crippen LogP contribution in [0.5, 0.6) is 0 Å². The molecule has 2 aliphatic heterocycles. The van der Waals surface area contributed by atoms with Crippen LogP contribution in [0.4, 0.5) is 0 Å². The minimum absolute atomic E-state index is 0.109. The van der Waals surface area contributed by atoms with Crippen LogP contribution in [-0.4, -0.2) is 27.9 Å². The Morgan fingerprint density at radius 1 is 1.46 bits per heavy atom. The molecule has 2 saturated heterocycles. The van der Waals surface area contributed by atoms with Gasteiger partial charge in [0.2, 0.25) is 5.91 Å². The van der Waals surface area contributed by atoms with Crippen molar-refractivity contribution in [3.8, 4) is 6.07 Å². The van der Waals surface area contributed by atoms with Gasteiger partial charge in [0.25, 0.3) is 0 Å². The molecular formula is C21H22ClN3O. The molecule has 0 radical (unpaired) electrons. The molecule has 1 aromatic heterocycles. The normalized spacial score (nSPS) is 33.0. The summed E-state index contributed by atoms with van der Waals surface area (Å²) < 4.78 is 0. The number of hydrogen-bond acceptors (Lipinski definition) is 2. The molecule has 5 heteroatoms. The number of piperidine rings is 1. The van der Waals surface area contributed by atoms with Crippen molar-refractivity contribution in [3.05, 3.63) is 35.0 Å². The highest BCUT2D eigenvalue weighted by Gasteiger charge is 2.61. The number of amides is 1. The van der Waals surface area contributed by atoms with E-state index in [1.165, 1.54) is 0 Å². The van der Waals surface area contributed by atoms with E-state index in [0.29, 0.717) is 18.4 Å². The van der Waals surface area contributed by atoms with Gasteiger partial charge in [-0.25, -0.2) is 0 Å². The largest absolute Gasteiger partial charge is 0.361 e. The molecular weight excluding hydrogens is 346 g/mol. The maximum Gasteiger partial charge on any atom is 0.223 e. The lowest BCUT2D eigenvalue weighted by atomic mass is 9.74. The highest BCUT2D eigenvalue weighted by molar-refractivity contribution is 6.35. The van der Waals surface area contributed by atoms with Crippen molar-refractivity contribution in [2.75, 3.05) is 0 Å². The van der Waals surface area contributed by atoms with Gasteiger partial charge in [0.15, 0.2) is 0 Å². The lowest BCUT2D eigenvalue weighted by Gasteiger charge is -2.40. The summed E-state index contributed by atoms with van der Waals surface area (Å²) in [6, 6.07) is 8.97. The average molecular weight is 368 g/mol. The van der Waals surface area contributed by atoms with Crippen LogP contribution in [0.2, 0.25) is 5.02 Å². The zero-order chi connectivity index (χ0) is 18.1. The van der Waals surface area contributed by atoms with Crippen LogP contribution in [0.3, 0.4) is 0 Å². The number of nitrogens with zero attached hydrogens (tertiary/aromatic N) is 2. The quantitative estimate of drug-likeness (QED) is 0.861. The van der Waals surface area contributed by atoms with Crippen molar-refractivity contribution >= 4 is 28.4 Å². The summed E-state index contributed by atoms with van der Waals surface area (Å²) >= 11 is 6.40. The van der Waals surface area contributed by atoms with Crippen molar-refractivity contribution in [2.24, 2.45) is 11.3 Å². The molecule has 3 heterocycles. The van der Waals surface area contributed by atoms with Gasteiger partial charge in [0.1, 0.15) is 0 Å². The van der Waals surface area contributed by atoms with Crippen molar-refractivity contribution in [1.29, 1.82) is 5.26 Å². The third kappa shape index (κ3) is 2.16. The number of fused-ring (bicyclic) bond motifs is 1. The van der Waals surface area contributed by atoms with E-state index in [4.69, 9.17) is 11.6 Å². The number of aromatic amines is 1. The summed E-state index contributed by atoms with van der Waals surface area (Å²) in [7, 11) is 0. The topological polar surface area (TPSA) is 59.9 Å². The molecule has 4 fully saturated rings. The fourth-order valence-electron chi connectivity index (χ4n) is 5.94. The molecule has 134 valence electrons. The maximum atomic E-state index is 13.1. The number of nitrogens with one attached hydrogen (secondary N) is 1. The van der Waals surface area contributed by atoms with Crippen LogP contribution < -0.4 is 0 Å². The third-order valence-corrected chi connectivity index (χ3v) is 7.29. The fourth-order valence-corrected chi connectivity index (χ4v) is 6.23. The molecule has 5 unspecified atom stereocenters. The summed E-state index contributed by atoms with van der Waals surface area (Å²) in [6.07, 6.45) is 6.31. The summed E-state index contributed by atoms with van der Waals surface area (Å²) in [5, 5.41) is 11.3. The molecule has 4 nitrogen and oxygen atoms in total. The van der Waals surface area contributed by atoms with Gasteiger partial charge in [-0.15, -0.1) is 0 Å². The van der Waals surface area contributed by atoms with E-state index in [-0.39, 0.29) is 23.3 Å². The van der Waals surface area contributed by atoms with Gasteiger partial charge >= 0.3 is 0 Å². The molecule has 6 rings (SSSR count). The lowest BCUT2D eigenvalue weighted by Crippen LogP contribution is -2.47. The number of aromatic nitrogens is 1. The van der Waals surface area contributed by atoms with E-state index < -0.39 is 0 Å². The van der Waals surface area contributed by atoms with E-state index >= 15 is 0 Å². The Morgan fingerprint density at radius 3 is 3.08 bits per heavy atom. The highest BCUT2D eigenvalue weighted by atomic mass is 35.5. The molecule has 1 amide bonds. The highest BCUT2D eigenvalue weighted by Crippen LogP contribution is 2.59. The second-order valence-electron chi connectivity index (χ2n) is 8.53. The first-order valence-corrected chi connectivity index (χ1v) is 9.87. The number of hydrogen-bond donors (Lipinski definition) is 1. The minimum atomic E-state index is -0.148. The van der Waals surface area contributed by atoms with E-state index in [1.807, 2.05) is 24.4 Å². The Kier molecular flexibility index (Phi) is 3.43. The van der Waals surface area contributed by atoms with Gasteiger partial charge in [0.05, 0.1) is 16.5 Å². The van der Waals surface area contributed by atoms with E-state index in [9.17, 15) is 10.1 Å². The van der Waals surface area contributed by atoms with Gasteiger partial charge in [-0.3, -0.25) is 4.79 Å². The number of carbonyl (C=O) groups excluding carboxylic acids is 1. The molecule has 26 heavy (non-hydrogen) atoms. The summed E-state index contributed by atoms with van der Waals surface area (Å²) in [5.74, 6) is 0.887. The summed E-state index contributed by atoms with van der Waals surface area (Å²) in [4.78, 5) is 18.6. The number of benzene rings is 1. The van der Waals surface area contributed by atoms with Crippen LogP contribution in [0.25, 0.3) is 10.9 Å². The number of nitriles is 1. The van der Waals surface area contributed by atoms with Crippen molar-refractivity contribution in [3.63, 3.8) is 0 Å². The molecule has 2 aliphatic carbocycles. The molecule has 5 atom stereocenters. The lowest BCUT2D eigenvalue weighted by molar-refractivity contribution is -0.136. The Labute approximate surface area is 158 Å². The summed E-state index contributed by atoms with van der Waals surface area (Å²) in [6.45, 7) is 2.10. The predicted octanol–water partition coefficient (Wildman–Crippen LogP) is 4.61. The first kappa shape index (κ1) is 16.2. The van der Waals surface area contributed by atoms with E-state index in [2.05, 4.69) is 22.9 Å². The summed E-state index contributed by atoms with van der Waals surface area (Å²) in [5.41, 5.74) is 1.98. The maximum absolute atomic E-state index is 13.1. The zero-order valence-electron chi connectivity index (χ0n) is 14.8. The van der Waals surface area contributed by atoms with Crippen LogP contribution in [0.1, 0.15) is 50.5 Å². The van der Waals surface area contributed by atoms with Crippen LogP contribution in [-0.2, 0) is 4.79 Å². The number of carbonyl (C=O) groups is 1. The Hall–Kier alpha value is -1.99. The molecule has 1 aromatic carbocycles. The first-order chi connectivity index (χ1) is 12.5. The molecule has 2 aromatic rings. The Bertz CT molecular complexity index is 940. The molecule has 4 aliphatic rings. The standard InChI is InChI=1S/C21H22ClN3O/c1-12(15-10-24-17-4-2-3-16(22)20(15)17)5-19(26)25-14-6-13-7-21(8-14,11-23)9-18(13)25/h2-4,10,12-14,18,24H,5-9H2,1H3. The van der Waals surface area contributed by atoms with Crippen molar-refractivity contribution in [1.82, 2.24) is 9.88 Å². The first-order valence-electron chi connectivity index (χ1n) is 9.49. The predicted molar refractivity (Wildman–Crippen MR) is 101 cm³/mol. The van der Waals surface area contributed by atoms with Gasteiger partial charge in [0, 0.05) is 35.6 Å². The van der Waals surface area contributed by atoms with Crippen LogP contribution in [0.15, 0.2) is 24.4 Å². The SMILES string of the molecule is CC(CC(=O)N1C2CC3CC(C#N)(C2)CC31)c1c[nH]c2cccc(Cl)c12. The zero-order valence-corrected chi connectivity index (χ0v) is 15.6. The van der Waals surface area contributed by atoms with Crippen molar-refractivity contribution in [2.45, 2.75) is 57.0 Å². The molecule has 2 saturated carbocycles. The third-order valence-electron chi connectivity index (χ3n) is 6.97. The van der Waals surface area contributed by atoms with Crippen LogP contribution >= 0.6 is 11.6 Å². The van der Waals surface area contributed by atoms with Crippen molar-refractivity contribution < 1.29 is 4.79 Å². The monoisotopic (exact) mass is 367 g/mol. The molecule has 4 bridgehead atoms. The van der Waals surface area contributed by atoms with Gasteiger partial charge < -0.3 is 9.88 Å². The van der Waals surface area contributed by atoms with Crippen LogP contribution in [0, 0.1) is 22.7 Å². The molecule has 1 N–H and O–H groups in total. The van der Waals surface area contributed by atoms with Gasteiger partial charge in [-0.2, -0.15) is 5.26 Å². The smallest absolute Gasteiger partial charge is 0.223 e. The second-order valence-corrected chi connectivity index (χ2v) is 8.94. The fraction of sp³-hybridized carbons (Fsp3) is 0.524. The van der Waals surface area contributed by atoms with E-state index in [1.54, 1.807) is 0 Å². The number of rotatable bonds is 3. The number of halogens is 1. The minimum Gasteiger partial charge on any atom is -0.361 e. The van der Waals surface area contributed by atoms with E-state index in [0.717, 1.165) is 47.2 Å². The second kappa shape index (κ2) is 5.50. The Morgan fingerprint density at radius 2 is 2.31 bits per heavy atom. The average Bonchev–Trinajstić information content (AvgIpc) is 3.23. The Balaban J connectivity index is 1.37.